The number of anilines is 2. The zero-order valence-electron chi connectivity index (χ0n) is 15.1. The molecule has 0 spiro atoms. The smallest absolute Gasteiger partial charge is 0.321 e. The topological polar surface area (TPSA) is 83.1 Å². The third-order valence-electron chi connectivity index (χ3n) is 4.40. The summed E-state index contributed by atoms with van der Waals surface area (Å²) < 4.78 is 0. The molecule has 1 heterocycles. The first-order valence-electron chi connectivity index (χ1n) is 9.02. The molecule has 3 N–H and O–H groups in total. The zero-order valence-corrected chi connectivity index (χ0v) is 16.0. The van der Waals surface area contributed by atoms with Gasteiger partial charge in [-0.15, -0.1) is 0 Å². The van der Waals surface area contributed by atoms with Gasteiger partial charge in [0.15, 0.2) is 5.13 Å². The Bertz CT molecular complexity index is 816. The molecule has 1 aromatic heterocycles. The van der Waals surface area contributed by atoms with Crippen molar-refractivity contribution in [3.8, 4) is 0 Å². The van der Waals surface area contributed by atoms with Crippen LogP contribution >= 0.6 is 11.3 Å². The lowest BCUT2D eigenvalue weighted by molar-refractivity contribution is 0.103. The number of aryl methyl sites for hydroxylation is 3. The van der Waals surface area contributed by atoms with Crippen molar-refractivity contribution in [2.45, 2.75) is 46.0 Å². The lowest BCUT2D eigenvalue weighted by Crippen LogP contribution is -2.29. The van der Waals surface area contributed by atoms with Crippen molar-refractivity contribution in [3.05, 3.63) is 39.9 Å². The number of rotatable bonds is 6. The molecule has 3 rings (SSSR count). The summed E-state index contributed by atoms with van der Waals surface area (Å²) in [6, 6.07) is 5.79. The van der Waals surface area contributed by atoms with Crippen LogP contribution in [0, 0.1) is 6.92 Å². The van der Waals surface area contributed by atoms with Crippen LogP contribution in [-0.2, 0) is 12.8 Å². The van der Waals surface area contributed by atoms with Crippen molar-refractivity contribution in [3.63, 3.8) is 0 Å². The molecular formula is C19H24N4O2S. The third-order valence-corrected chi connectivity index (χ3v) is 5.47. The number of benzene rings is 1. The second-order valence-corrected chi connectivity index (χ2v) is 7.46. The molecule has 0 saturated carbocycles. The third kappa shape index (κ3) is 4.40. The SMILES string of the molecule is CCCCNC(=O)Nc1nc(C)c(C(=O)Nc2ccc3c(c2)CCC3)s1. The van der Waals surface area contributed by atoms with E-state index >= 15 is 0 Å². The number of carbonyl (C=O) groups is 2. The van der Waals surface area contributed by atoms with E-state index in [1.165, 1.54) is 28.9 Å². The Hall–Kier alpha value is -2.41. The Balaban J connectivity index is 1.62. The molecule has 2 aromatic rings. The van der Waals surface area contributed by atoms with Crippen LogP contribution in [0.25, 0.3) is 0 Å². The number of aromatic nitrogens is 1. The summed E-state index contributed by atoms with van der Waals surface area (Å²) in [6.45, 7) is 4.46. The van der Waals surface area contributed by atoms with Gasteiger partial charge in [0.05, 0.1) is 5.69 Å². The fraction of sp³-hybridized carbons (Fsp3) is 0.421. The van der Waals surface area contributed by atoms with Crippen molar-refractivity contribution < 1.29 is 9.59 Å². The van der Waals surface area contributed by atoms with Gasteiger partial charge in [-0.1, -0.05) is 30.7 Å². The molecule has 0 bridgehead atoms. The standard InChI is InChI=1S/C19H24N4O2S/c1-3-4-10-20-18(25)23-19-21-12(2)16(26-19)17(24)22-15-9-8-13-6-5-7-14(13)11-15/h8-9,11H,3-7,10H2,1-2H3,(H,22,24)(H2,20,21,23,25). The number of urea groups is 1. The maximum absolute atomic E-state index is 12.6. The lowest BCUT2D eigenvalue weighted by Gasteiger charge is -2.06. The minimum atomic E-state index is -0.294. The summed E-state index contributed by atoms with van der Waals surface area (Å²) in [5.74, 6) is -0.197. The summed E-state index contributed by atoms with van der Waals surface area (Å²) in [5, 5.41) is 8.83. The largest absolute Gasteiger partial charge is 0.338 e. The van der Waals surface area contributed by atoms with E-state index < -0.39 is 0 Å². The van der Waals surface area contributed by atoms with Gasteiger partial charge in [0, 0.05) is 12.2 Å². The molecule has 138 valence electrons. The van der Waals surface area contributed by atoms with Gasteiger partial charge in [0.25, 0.3) is 5.91 Å². The number of carbonyl (C=O) groups excluding carboxylic acids is 2. The predicted octanol–water partition coefficient (Wildman–Crippen LogP) is 4.11. The number of hydrogen-bond donors (Lipinski definition) is 3. The molecule has 0 unspecified atom stereocenters. The summed E-state index contributed by atoms with van der Waals surface area (Å²) in [5.41, 5.74) is 4.10. The summed E-state index contributed by atoms with van der Waals surface area (Å²) in [6.07, 6.45) is 5.31. The number of unbranched alkanes of at least 4 members (excludes halogenated alkanes) is 1. The highest BCUT2D eigenvalue weighted by Gasteiger charge is 2.18. The lowest BCUT2D eigenvalue weighted by atomic mass is 10.1. The number of amides is 3. The van der Waals surface area contributed by atoms with Gasteiger partial charge in [-0.05, 0) is 55.9 Å². The van der Waals surface area contributed by atoms with E-state index in [2.05, 4.69) is 40.0 Å². The fourth-order valence-electron chi connectivity index (χ4n) is 3.02. The number of nitrogens with zero attached hydrogens (tertiary/aromatic N) is 1. The molecule has 7 heteroatoms. The summed E-state index contributed by atoms with van der Waals surface area (Å²) in [4.78, 5) is 29.2. The predicted molar refractivity (Wildman–Crippen MR) is 105 cm³/mol. The number of thiazole rings is 1. The minimum absolute atomic E-state index is 0.197. The quantitative estimate of drug-likeness (QED) is 0.667. The summed E-state index contributed by atoms with van der Waals surface area (Å²) in [7, 11) is 0. The van der Waals surface area contributed by atoms with Crippen molar-refractivity contribution in [2.75, 3.05) is 17.2 Å². The van der Waals surface area contributed by atoms with Crippen LogP contribution in [0.3, 0.4) is 0 Å². The summed E-state index contributed by atoms with van der Waals surface area (Å²) >= 11 is 1.18. The van der Waals surface area contributed by atoms with E-state index in [0.717, 1.165) is 31.4 Å². The second-order valence-electron chi connectivity index (χ2n) is 6.46. The minimum Gasteiger partial charge on any atom is -0.338 e. The van der Waals surface area contributed by atoms with Crippen LogP contribution in [0.4, 0.5) is 15.6 Å². The number of nitrogens with one attached hydrogen (secondary N) is 3. The van der Waals surface area contributed by atoms with Gasteiger partial charge >= 0.3 is 6.03 Å². The van der Waals surface area contributed by atoms with Gasteiger partial charge in [-0.2, -0.15) is 0 Å². The van der Waals surface area contributed by atoms with Crippen LogP contribution in [0.2, 0.25) is 0 Å². The maximum Gasteiger partial charge on any atom is 0.321 e. The van der Waals surface area contributed by atoms with Crippen LogP contribution in [-0.4, -0.2) is 23.5 Å². The van der Waals surface area contributed by atoms with Crippen molar-refractivity contribution >= 4 is 34.1 Å². The molecule has 1 aliphatic rings. The highest BCUT2D eigenvalue weighted by atomic mass is 32.1. The first-order chi connectivity index (χ1) is 12.6. The van der Waals surface area contributed by atoms with Gasteiger partial charge in [-0.3, -0.25) is 10.1 Å². The Morgan fingerprint density at radius 3 is 2.81 bits per heavy atom. The molecule has 1 aliphatic carbocycles. The monoisotopic (exact) mass is 372 g/mol. The van der Waals surface area contributed by atoms with Gasteiger partial charge in [0.2, 0.25) is 0 Å². The first-order valence-corrected chi connectivity index (χ1v) is 9.84. The van der Waals surface area contributed by atoms with E-state index in [1.54, 1.807) is 6.92 Å². The van der Waals surface area contributed by atoms with Crippen LogP contribution in [0.15, 0.2) is 18.2 Å². The molecule has 0 saturated heterocycles. The van der Waals surface area contributed by atoms with Crippen molar-refractivity contribution in [1.82, 2.24) is 10.3 Å². The average molecular weight is 372 g/mol. The maximum atomic E-state index is 12.6. The van der Waals surface area contributed by atoms with Crippen LogP contribution in [0.1, 0.15) is 52.7 Å². The molecular weight excluding hydrogens is 348 g/mol. The van der Waals surface area contributed by atoms with Gasteiger partial charge < -0.3 is 10.6 Å². The molecule has 0 radical (unpaired) electrons. The Morgan fingerprint density at radius 1 is 1.19 bits per heavy atom. The van der Waals surface area contributed by atoms with E-state index in [9.17, 15) is 9.59 Å². The van der Waals surface area contributed by atoms with Crippen molar-refractivity contribution in [1.29, 1.82) is 0 Å². The normalized spacial score (nSPS) is 12.5. The van der Waals surface area contributed by atoms with E-state index in [1.807, 2.05) is 6.07 Å². The Kier molecular flexibility index (Phi) is 5.88. The molecule has 1 aromatic carbocycles. The van der Waals surface area contributed by atoms with E-state index in [4.69, 9.17) is 0 Å². The molecule has 3 amide bonds. The van der Waals surface area contributed by atoms with Gasteiger partial charge in [0.1, 0.15) is 4.88 Å². The first kappa shape index (κ1) is 18.4. The molecule has 0 atom stereocenters. The molecule has 0 aliphatic heterocycles. The van der Waals surface area contributed by atoms with Crippen LogP contribution < -0.4 is 16.0 Å². The Labute approximate surface area is 157 Å². The molecule has 0 fully saturated rings. The van der Waals surface area contributed by atoms with Gasteiger partial charge in [-0.25, -0.2) is 9.78 Å². The van der Waals surface area contributed by atoms with E-state index in [0.29, 0.717) is 22.2 Å². The highest BCUT2D eigenvalue weighted by Crippen LogP contribution is 2.27. The zero-order chi connectivity index (χ0) is 18.5. The Morgan fingerprint density at radius 2 is 2.00 bits per heavy atom. The van der Waals surface area contributed by atoms with Crippen LogP contribution in [0.5, 0.6) is 0 Å². The second kappa shape index (κ2) is 8.31. The number of hydrogen-bond acceptors (Lipinski definition) is 4. The van der Waals surface area contributed by atoms with E-state index in [-0.39, 0.29) is 11.9 Å². The highest BCUT2D eigenvalue weighted by molar-refractivity contribution is 7.17. The molecule has 26 heavy (non-hydrogen) atoms. The number of fused-ring (bicyclic) bond motifs is 1. The molecule has 6 nitrogen and oxygen atoms in total. The average Bonchev–Trinajstić information content (AvgIpc) is 3.21. The fourth-order valence-corrected chi connectivity index (χ4v) is 3.87. The van der Waals surface area contributed by atoms with Crippen molar-refractivity contribution in [2.24, 2.45) is 0 Å².